The number of sulfonamides is 1. The fourth-order valence-electron chi connectivity index (χ4n) is 2.19. The molecule has 7 heteroatoms. The van der Waals surface area contributed by atoms with E-state index in [1.54, 1.807) is 12.1 Å². The highest BCUT2D eigenvalue weighted by molar-refractivity contribution is 9.10. The van der Waals surface area contributed by atoms with E-state index >= 15 is 0 Å². The minimum Gasteiger partial charge on any atom is -0.399 e. The zero-order chi connectivity index (χ0) is 16.2. The van der Waals surface area contributed by atoms with Gasteiger partial charge in [-0.2, -0.15) is 0 Å². The predicted molar refractivity (Wildman–Crippen MR) is 90.7 cm³/mol. The molecule has 0 aliphatic heterocycles. The van der Waals surface area contributed by atoms with Gasteiger partial charge in [0.15, 0.2) is 0 Å². The first-order valence-corrected chi connectivity index (χ1v) is 9.11. The van der Waals surface area contributed by atoms with Crippen molar-refractivity contribution >= 4 is 31.6 Å². The van der Waals surface area contributed by atoms with Crippen molar-refractivity contribution in [2.45, 2.75) is 31.2 Å². The first-order valence-electron chi connectivity index (χ1n) is 6.84. The highest BCUT2D eigenvalue weighted by Gasteiger charge is 2.23. The average Bonchev–Trinajstić information content (AvgIpc) is 2.24. The highest BCUT2D eigenvalue weighted by Crippen LogP contribution is 2.24. The number of halogens is 1. The summed E-state index contributed by atoms with van der Waals surface area (Å²) in [5.74, 6) is 0.410. The van der Waals surface area contributed by atoms with Gasteiger partial charge in [0.2, 0.25) is 10.0 Å². The molecular weight excluding hydrogens is 354 g/mol. The lowest BCUT2D eigenvalue weighted by Crippen LogP contribution is -2.42. The van der Waals surface area contributed by atoms with Gasteiger partial charge in [0, 0.05) is 22.7 Å². The van der Waals surface area contributed by atoms with Gasteiger partial charge in [-0.1, -0.05) is 13.8 Å². The quantitative estimate of drug-likeness (QED) is 0.714. The van der Waals surface area contributed by atoms with E-state index < -0.39 is 10.0 Å². The number of nitrogens with one attached hydrogen (secondary N) is 1. The van der Waals surface area contributed by atoms with E-state index in [4.69, 9.17) is 5.73 Å². The van der Waals surface area contributed by atoms with E-state index in [0.717, 1.165) is 6.42 Å². The van der Waals surface area contributed by atoms with Crippen molar-refractivity contribution < 1.29 is 8.42 Å². The molecular formula is C14H24BrN3O2S. The molecule has 120 valence electrons. The van der Waals surface area contributed by atoms with Crippen LogP contribution in [0.3, 0.4) is 0 Å². The smallest absolute Gasteiger partial charge is 0.241 e. The van der Waals surface area contributed by atoms with Crippen LogP contribution < -0.4 is 10.5 Å². The van der Waals surface area contributed by atoms with Gasteiger partial charge in [-0.25, -0.2) is 13.1 Å². The van der Waals surface area contributed by atoms with Gasteiger partial charge >= 0.3 is 0 Å². The topological polar surface area (TPSA) is 75.4 Å². The van der Waals surface area contributed by atoms with Crippen LogP contribution >= 0.6 is 15.9 Å². The summed E-state index contributed by atoms with van der Waals surface area (Å²) in [6.07, 6.45) is 0.782. The normalized spacial score (nSPS) is 13.9. The lowest BCUT2D eigenvalue weighted by molar-refractivity contribution is 0.329. The highest BCUT2D eigenvalue weighted by atomic mass is 79.9. The average molecular weight is 378 g/mol. The van der Waals surface area contributed by atoms with Crippen molar-refractivity contribution in [2.24, 2.45) is 5.92 Å². The molecule has 0 aliphatic carbocycles. The minimum atomic E-state index is -3.58. The number of likely N-dealkylation sites (N-methyl/N-ethyl adjacent to an activating group) is 1. The number of nitrogens with two attached hydrogens (primary N) is 1. The molecule has 1 unspecified atom stereocenters. The number of anilines is 1. The Morgan fingerprint density at radius 2 is 1.95 bits per heavy atom. The second-order valence-electron chi connectivity index (χ2n) is 5.90. The second-order valence-corrected chi connectivity index (χ2v) is 8.44. The van der Waals surface area contributed by atoms with Crippen LogP contribution in [0.15, 0.2) is 27.6 Å². The van der Waals surface area contributed by atoms with Gasteiger partial charge in [-0.05, 0) is 60.6 Å². The molecule has 3 N–H and O–H groups in total. The van der Waals surface area contributed by atoms with E-state index in [1.807, 2.05) is 19.0 Å². The summed E-state index contributed by atoms with van der Waals surface area (Å²) >= 11 is 3.26. The van der Waals surface area contributed by atoms with E-state index in [2.05, 4.69) is 34.5 Å². The van der Waals surface area contributed by atoms with Gasteiger partial charge in [0.05, 0.1) is 4.90 Å². The lowest BCUT2D eigenvalue weighted by atomic mass is 10.0. The van der Waals surface area contributed by atoms with Crippen LogP contribution in [0.4, 0.5) is 5.69 Å². The molecule has 0 radical (unpaired) electrons. The Morgan fingerprint density at radius 1 is 1.33 bits per heavy atom. The number of nitrogen functional groups attached to an aromatic ring is 1. The molecule has 0 aliphatic rings. The van der Waals surface area contributed by atoms with Crippen molar-refractivity contribution in [3.63, 3.8) is 0 Å². The summed E-state index contributed by atoms with van der Waals surface area (Å²) < 4.78 is 28.3. The SMILES string of the molecule is CC(C)CC(CN(C)C)NS(=O)(=O)c1ccc(N)cc1Br. The standard InChI is InChI=1S/C14H24BrN3O2S/c1-10(2)7-12(9-18(3)4)17-21(19,20)14-6-5-11(16)8-13(14)15/h5-6,8,10,12,17H,7,9,16H2,1-4H3. The van der Waals surface area contributed by atoms with Crippen LogP contribution in [-0.2, 0) is 10.0 Å². The minimum absolute atomic E-state index is 0.130. The second kappa shape index (κ2) is 7.58. The largest absolute Gasteiger partial charge is 0.399 e. The molecule has 0 spiro atoms. The Labute approximate surface area is 136 Å². The van der Waals surface area contributed by atoms with Crippen molar-refractivity contribution in [3.8, 4) is 0 Å². The maximum absolute atomic E-state index is 12.5. The number of hydrogen-bond donors (Lipinski definition) is 2. The van der Waals surface area contributed by atoms with Crippen molar-refractivity contribution in [1.29, 1.82) is 0 Å². The van der Waals surface area contributed by atoms with Gasteiger partial charge < -0.3 is 10.6 Å². The monoisotopic (exact) mass is 377 g/mol. The molecule has 0 saturated carbocycles. The number of hydrogen-bond acceptors (Lipinski definition) is 4. The number of nitrogens with zero attached hydrogens (tertiary/aromatic N) is 1. The van der Waals surface area contributed by atoms with E-state index in [9.17, 15) is 8.42 Å². The molecule has 0 amide bonds. The molecule has 1 aromatic rings. The molecule has 1 aromatic carbocycles. The third-order valence-electron chi connectivity index (χ3n) is 2.91. The number of rotatable bonds is 7. The summed E-state index contributed by atoms with van der Waals surface area (Å²) in [5, 5.41) is 0. The maximum Gasteiger partial charge on any atom is 0.241 e. The van der Waals surface area contributed by atoms with Crippen LogP contribution in [0.2, 0.25) is 0 Å². The van der Waals surface area contributed by atoms with E-state index in [0.29, 0.717) is 22.6 Å². The summed E-state index contributed by atoms with van der Waals surface area (Å²) in [6.45, 7) is 4.82. The Morgan fingerprint density at radius 3 is 2.43 bits per heavy atom. The molecule has 0 bridgehead atoms. The lowest BCUT2D eigenvalue weighted by Gasteiger charge is -2.24. The van der Waals surface area contributed by atoms with Crippen LogP contribution in [0, 0.1) is 5.92 Å². The van der Waals surface area contributed by atoms with Crippen LogP contribution in [-0.4, -0.2) is 40.0 Å². The molecule has 0 heterocycles. The molecule has 0 aromatic heterocycles. The fraction of sp³-hybridized carbons (Fsp3) is 0.571. The van der Waals surface area contributed by atoms with Gasteiger partial charge in [0.1, 0.15) is 0 Å². The summed E-state index contributed by atoms with van der Waals surface area (Å²) in [4.78, 5) is 2.19. The van der Waals surface area contributed by atoms with E-state index in [1.165, 1.54) is 6.07 Å². The predicted octanol–water partition coefficient (Wildman–Crippen LogP) is 2.29. The molecule has 21 heavy (non-hydrogen) atoms. The molecule has 1 atom stereocenters. The van der Waals surface area contributed by atoms with Crippen LogP contribution in [0.25, 0.3) is 0 Å². The Bertz CT molecular complexity index is 564. The molecule has 0 fully saturated rings. The molecule has 5 nitrogen and oxygen atoms in total. The zero-order valence-corrected chi connectivity index (χ0v) is 15.3. The third-order valence-corrected chi connectivity index (χ3v) is 5.41. The van der Waals surface area contributed by atoms with Gasteiger partial charge in [-0.15, -0.1) is 0 Å². The zero-order valence-electron chi connectivity index (χ0n) is 12.9. The van der Waals surface area contributed by atoms with Crippen molar-refractivity contribution in [2.75, 3.05) is 26.4 Å². The Balaban J connectivity index is 2.99. The first-order chi connectivity index (χ1) is 9.61. The fourth-order valence-corrected chi connectivity index (χ4v) is 4.52. The molecule has 0 saturated heterocycles. The van der Waals surface area contributed by atoms with Crippen molar-refractivity contribution in [1.82, 2.24) is 9.62 Å². The van der Waals surface area contributed by atoms with Crippen LogP contribution in [0.5, 0.6) is 0 Å². The van der Waals surface area contributed by atoms with Crippen LogP contribution in [0.1, 0.15) is 20.3 Å². The van der Waals surface area contributed by atoms with Gasteiger partial charge in [0.25, 0.3) is 0 Å². The Kier molecular flexibility index (Phi) is 6.65. The third kappa shape index (κ3) is 5.94. The van der Waals surface area contributed by atoms with E-state index in [-0.39, 0.29) is 10.9 Å². The summed E-state index contributed by atoms with van der Waals surface area (Å²) in [5.41, 5.74) is 6.17. The number of benzene rings is 1. The van der Waals surface area contributed by atoms with Crippen molar-refractivity contribution in [3.05, 3.63) is 22.7 Å². The first kappa shape index (κ1) is 18.4. The maximum atomic E-state index is 12.5. The summed E-state index contributed by atoms with van der Waals surface area (Å²) in [6, 6.07) is 4.57. The summed E-state index contributed by atoms with van der Waals surface area (Å²) in [7, 11) is 0.285. The molecule has 1 rings (SSSR count). The Hall–Kier alpha value is -0.630. The van der Waals surface area contributed by atoms with Gasteiger partial charge in [-0.3, -0.25) is 0 Å².